The van der Waals surface area contributed by atoms with E-state index in [9.17, 15) is 0 Å². The minimum absolute atomic E-state index is 0.906. The van der Waals surface area contributed by atoms with E-state index in [-0.39, 0.29) is 0 Å². The van der Waals surface area contributed by atoms with Crippen LogP contribution in [0.2, 0.25) is 0 Å². The largest absolute Gasteiger partial charge is 0.456 e. The van der Waals surface area contributed by atoms with Gasteiger partial charge in [0.15, 0.2) is 0 Å². The van der Waals surface area contributed by atoms with E-state index >= 15 is 0 Å². The third-order valence-electron chi connectivity index (χ3n) is 10.0. The van der Waals surface area contributed by atoms with E-state index in [0.29, 0.717) is 0 Å². The molecule has 0 unspecified atom stereocenters. The number of nitrogens with zero attached hydrogens (tertiary/aromatic N) is 1. The van der Waals surface area contributed by atoms with Gasteiger partial charge >= 0.3 is 0 Å². The molecule has 0 radical (unpaired) electrons. The van der Waals surface area contributed by atoms with E-state index in [1.807, 2.05) is 23.5 Å². The summed E-state index contributed by atoms with van der Waals surface area (Å²) >= 11 is 1.82. The molecule has 11 rings (SSSR count). The zero-order valence-corrected chi connectivity index (χ0v) is 27.6. The molecule has 4 heteroatoms. The van der Waals surface area contributed by atoms with Crippen LogP contribution in [0.5, 0.6) is 0 Å². The van der Waals surface area contributed by atoms with Crippen molar-refractivity contribution in [3.8, 4) is 11.1 Å². The summed E-state index contributed by atoms with van der Waals surface area (Å²) in [5.74, 6) is 0. The summed E-state index contributed by atoms with van der Waals surface area (Å²) in [5.41, 5.74) is 9.30. The van der Waals surface area contributed by atoms with Gasteiger partial charge in [-0.25, -0.2) is 0 Å². The van der Waals surface area contributed by atoms with Gasteiger partial charge in [-0.05, 0) is 101 Å². The average Bonchev–Trinajstić information content (AvgIpc) is 3.85. The number of hydrogen-bond donors (Lipinski definition) is 0. The van der Waals surface area contributed by atoms with Crippen molar-refractivity contribution in [3.05, 3.63) is 164 Å². The number of fused-ring (bicyclic) bond motifs is 11. The third-order valence-corrected chi connectivity index (χ3v) is 11.2. The maximum absolute atomic E-state index is 6.63. The first-order valence-electron chi connectivity index (χ1n) is 16.8. The molecular formula is C46H27NO2S. The van der Waals surface area contributed by atoms with Crippen LogP contribution >= 0.6 is 11.3 Å². The first-order chi connectivity index (χ1) is 24.7. The SMILES string of the molecule is c1ccc(N(c2ccc(-c3ccc4c(c3)oc3ccccc34)cc2)c2ccc3c(c2)sc2ccc4c5cc6ccccc6cc5oc4c23)cc1. The molecular weight excluding hydrogens is 631 g/mol. The Balaban J connectivity index is 1.02. The van der Waals surface area contributed by atoms with E-state index in [1.165, 1.54) is 30.9 Å². The van der Waals surface area contributed by atoms with Gasteiger partial charge in [-0.2, -0.15) is 0 Å². The molecule has 0 fully saturated rings. The second-order valence-electron chi connectivity index (χ2n) is 12.9. The van der Waals surface area contributed by atoms with Crippen LogP contribution in [-0.4, -0.2) is 0 Å². The second kappa shape index (κ2) is 10.6. The smallest absolute Gasteiger partial charge is 0.144 e. The highest BCUT2D eigenvalue weighted by atomic mass is 32.1. The number of anilines is 3. The lowest BCUT2D eigenvalue weighted by atomic mass is 10.0. The maximum Gasteiger partial charge on any atom is 0.144 e. The van der Waals surface area contributed by atoms with Crippen molar-refractivity contribution in [2.75, 3.05) is 4.90 Å². The highest BCUT2D eigenvalue weighted by Gasteiger charge is 2.19. The molecule has 0 aliphatic carbocycles. The molecule has 0 aliphatic rings. The van der Waals surface area contributed by atoms with Gasteiger partial charge in [0, 0.05) is 58.8 Å². The summed E-state index contributed by atoms with van der Waals surface area (Å²) in [7, 11) is 0. The fourth-order valence-corrected chi connectivity index (χ4v) is 8.78. The van der Waals surface area contributed by atoms with Gasteiger partial charge in [0.05, 0.1) is 0 Å². The lowest BCUT2D eigenvalue weighted by molar-refractivity contribution is 0.669. The average molecular weight is 658 g/mol. The molecule has 0 bridgehead atoms. The fourth-order valence-electron chi connectivity index (χ4n) is 7.64. The molecule has 3 heterocycles. The van der Waals surface area contributed by atoms with Crippen LogP contribution < -0.4 is 4.90 Å². The molecule has 0 aliphatic heterocycles. The van der Waals surface area contributed by atoms with Gasteiger partial charge in [-0.3, -0.25) is 0 Å². The van der Waals surface area contributed by atoms with Gasteiger partial charge in [-0.1, -0.05) is 84.9 Å². The van der Waals surface area contributed by atoms with Crippen LogP contribution in [0.15, 0.2) is 173 Å². The number of rotatable bonds is 4. The normalized spacial score (nSPS) is 12.0. The van der Waals surface area contributed by atoms with Crippen LogP contribution in [0.3, 0.4) is 0 Å². The Kier molecular flexibility index (Phi) is 5.83. The standard InChI is InChI=1S/C46H27NO2S/c1-2-10-32(11-3-1)47(33-17-14-28(15-18-33)31-16-20-36-35-12-6-7-13-40(35)48-41(36)26-31)34-19-21-38-44(27-34)50-43-23-22-37-39-24-29-8-4-5-9-30(29)25-42(39)49-46(37)45(38)43/h1-27H. The quantitative estimate of drug-likeness (QED) is 0.189. The molecule has 50 heavy (non-hydrogen) atoms. The summed E-state index contributed by atoms with van der Waals surface area (Å²) in [6, 6.07) is 58.3. The molecule has 0 N–H and O–H groups in total. The van der Waals surface area contributed by atoms with Crippen LogP contribution in [0.4, 0.5) is 17.1 Å². The predicted octanol–water partition coefficient (Wildman–Crippen LogP) is 14.1. The minimum atomic E-state index is 0.906. The van der Waals surface area contributed by atoms with Gasteiger partial charge in [-0.15, -0.1) is 11.3 Å². The fraction of sp³-hybridized carbons (Fsp3) is 0. The van der Waals surface area contributed by atoms with Crippen molar-refractivity contribution < 1.29 is 8.83 Å². The van der Waals surface area contributed by atoms with E-state index < -0.39 is 0 Å². The van der Waals surface area contributed by atoms with E-state index in [0.717, 1.165) is 72.1 Å². The molecule has 0 atom stereocenters. The van der Waals surface area contributed by atoms with Gasteiger partial charge in [0.2, 0.25) is 0 Å². The summed E-state index contributed by atoms with van der Waals surface area (Å²) in [6.45, 7) is 0. The van der Waals surface area contributed by atoms with Crippen molar-refractivity contribution >= 4 is 103 Å². The minimum Gasteiger partial charge on any atom is -0.456 e. The van der Waals surface area contributed by atoms with E-state index in [1.54, 1.807) is 0 Å². The number of para-hydroxylation sites is 2. The molecule has 0 saturated carbocycles. The first-order valence-corrected chi connectivity index (χ1v) is 17.6. The molecule has 11 aromatic rings. The Morgan fingerprint density at radius 2 is 1.04 bits per heavy atom. The van der Waals surface area contributed by atoms with Crippen molar-refractivity contribution in [1.29, 1.82) is 0 Å². The van der Waals surface area contributed by atoms with E-state index in [4.69, 9.17) is 8.83 Å². The third kappa shape index (κ3) is 4.16. The van der Waals surface area contributed by atoms with Crippen LogP contribution in [-0.2, 0) is 0 Å². The Hall–Kier alpha value is -6.36. The van der Waals surface area contributed by atoms with Crippen molar-refractivity contribution in [2.45, 2.75) is 0 Å². The van der Waals surface area contributed by atoms with Gasteiger partial charge in [0.1, 0.15) is 22.3 Å². The van der Waals surface area contributed by atoms with Crippen molar-refractivity contribution in [2.24, 2.45) is 0 Å². The summed E-state index contributed by atoms with van der Waals surface area (Å²) in [4.78, 5) is 2.33. The summed E-state index contributed by atoms with van der Waals surface area (Å²) in [6.07, 6.45) is 0. The monoisotopic (exact) mass is 657 g/mol. The Labute approximate surface area is 290 Å². The molecule has 3 nitrogen and oxygen atoms in total. The van der Waals surface area contributed by atoms with Gasteiger partial charge in [0.25, 0.3) is 0 Å². The van der Waals surface area contributed by atoms with Gasteiger partial charge < -0.3 is 13.7 Å². The molecule has 0 amide bonds. The highest BCUT2D eigenvalue weighted by molar-refractivity contribution is 7.26. The molecule has 3 aromatic heterocycles. The van der Waals surface area contributed by atoms with Crippen LogP contribution in [0.1, 0.15) is 0 Å². The predicted molar refractivity (Wildman–Crippen MR) is 212 cm³/mol. The molecule has 8 aromatic carbocycles. The van der Waals surface area contributed by atoms with Crippen molar-refractivity contribution in [1.82, 2.24) is 0 Å². The van der Waals surface area contributed by atoms with Crippen molar-refractivity contribution in [3.63, 3.8) is 0 Å². The number of benzene rings is 8. The number of hydrogen-bond acceptors (Lipinski definition) is 4. The Bertz CT molecular complexity index is 3090. The zero-order valence-electron chi connectivity index (χ0n) is 26.8. The highest BCUT2D eigenvalue weighted by Crippen LogP contribution is 2.45. The second-order valence-corrected chi connectivity index (χ2v) is 14.0. The number of furan rings is 2. The molecule has 0 saturated heterocycles. The number of thiophene rings is 1. The van der Waals surface area contributed by atoms with E-state index in [2.05, 4.69) is 157 Å². The maximum atomic E-state index is 6.63. The van der Waals surface area contributed by atoms with Crippen LogP contribution in [0, 0.1) is 0 Å². The topological polar surface area (TPSA) is 29.5 Å². The lowest BCUT2D eigenvalue weighted by Gasteiger charge is -2.25. The van der Waals surface area contributed by atoms with Crippen LogP contribution in [0.25, 0.3) is 85.9 Å². The zero-order chi connectivity index (χ0) is 32.8. The first kappa shape index (κ1) is 27.6. The summed E-state index contributed by atoms with van der Waals surface area (Å²) < 4.78 is 15.3. The molecule has 0 spiro atoms. The Morgan fingerprint density at radius 3 is 1.92 bits per heavy atom. The Morgan fingerprint density at radius 1 is 0.380 bits per heavy atom. The lowest BCUT2D eigenvalue weighted by Crippen LogP contribution is -2.09. The molecule has 234 valence electrons. The summed E-state index contributed by atoms with van der Waals surface area (Å²) in [5, 5.41) is 9.43.